The van der Waals surface area contributed by atoms with E-state index in [0.29, 0.717) is 17.5 Å². The summed E-state index contributed by atoms with van der Waals surface area (Å²) in [5.41, 5.74) is 17.5. The molecule has 0 aliphatic carbocycles. The lowest BCUT2D eigenvalue weighted by Gasteiger charge is -2.10. The van der Waals surface area contributed by atoms with Gasteiger partial charge >= 0.3 is 0 Å². The zero-order valence-electron chi connectivity index (χ0n) is 40.6. The van der Waals surface area contributed by atoms with Crippen molar-refractivity contribution in [3.05, 3.63) is 243 Å². The van der Waals surface area contributed by atoms with Crippen molar-refractivity contribution in [1.29, 1.82) is 0 Å². The van der Waals surface area contributed by atoms with Crippen molar-refractivity contribution >= 4 is 87.6 Å². The third-order valence-corrected chi connectivity index (χ3v) is 15.1. The average molecular weight is 973 g/mol. The molecule has 354 valence electrons. The Balaban J connectivity index is 0.800. The van der Waals surface area contributed by atoms with Crippen molar-refractivity contribution in [2.45, 2.75) is 0 Å². The number of fused-ring (bicyclic) bond motifs is 12. The summed E-state index contributed by atoms with van der Waals surface area (Å²) in [6.45, 7) is 0. The summed E-state index contributed by atoms with van der Waals surface area (Å²) >= 11 is 0. The van der Waals surface area contributed by atoms with Gasteiger partial charge in [-0.2, -0.15) is 0 Å². The summed E-state index contributed by atoms with van der Waals surface area (Å²) < 4.78 is 22.0. The third-order valence-electron chi connectivity index (χ3n) is 15.1. The number of nitrogens with zero attached hydrogens (tertiary/aromatic N) is 4. The Hall–Kier alpha value is -10.4. The second-order valence-electron chi connectivity index (χ2n) is 19.4. The highest BCUT2D eigenvalue weighted by Crippen LogP contribution is 2.43. The van der Waals surface area contributed by atoms with Crippen molar-refractivity contribution in [1.82, 2.24) is 19.5 Å². The Kier molecular flexibility index (Phi) is 9.20. The zero-order valence-corrected chi connectivity index (χ0v) is 40.6. The van der Waals surface area contributed by atoms with Gasteiger partial charge in [0.15, 0.2) is 17.5 Å². The third kappa shape index (κ3) is 6.59. The van der Waals surface area contributed by atoms with E-state index >= 15 is 0 Å². The molecule has 0 radical (unpaired) electrons. The van der Waals surface area contributed by atoms with Gasteiger partial charge in [-0.3, -0.25) is 0 Å². The predicted octanol–water partition coefficient (Wildman–Crippen LogP) is 18.7. The Morgan fingerprint density at radius 3 is 1.62 bits per heavy atom. The van der Waals surface area contributed by atoms with Crippen molar-refractivity contribution in [3.63, 3.8) is 0 Å². The molecule has 0 atom stereocenters. The van der Waals surface area contributed by atoms with E-state index in [9.17, 15) is 0 Å². The monoisotopic (exact) mass is 972 g/mol. The summed E-state index contributed by atoms with van der Waals surface area (Å²) in [6, 6.07) is 84.5. The van der Waals surface area contributed by atoms with Gasteiger partial charge in [0.25, 0.3) is 0 Å². The summed E-state index contributed by atoms with van der Waals surface area (Å²) in [6.07, 6.45) is 0. The Morgan fingerprint density at radius 1 is 0.263 bits per heavy atom. The molecule has 5 heterocycles. The maximum absolute atomic E-state index is 6.61. The maximum Gasteiger partial charge on any atom is 0.164 e. The Labute approximate surface area is 434 Å². The predicted molar refractivity (Wildman–Crippen MR) is 309 cm³/mol. The normalized spacial score (nSPS) is 11.9. The molecule has 0 N–H and O–H groups in total. The molecule has 0 amide bonds. The molecule has 0 unspecified atom stereocenters. The molecule has 0 saturated heterocycles. The summed E-state index contributed by atoms with van der Waals surface area (Å²) in [7, 11) is 0. The van der Waals surface area contributed by atoms with E-state index in [2.05, 4.69) is 168 Å². The summed E-state index contributed by atoms with van der Waals surface area (Å²) in [5, 5.41) is 8.64. The molecule has 0 bridgehead atoms. The number of para-hydroxylation sites is 3. The van der Waals surface area contributed by atoms with E-state index in [1.165, 1.54) is 10.8 Å². The number of furan rings is 3. The van der Waals surface area contributed by atoms with Gasteiger partial charge in [0.2, 0.25) is 0 Å². The molecule has 7 heteroatoms. The quantitative estimate of drug-likeness (QED) is 0.158. The van der Waals surface area contributed by atoms with Gasteiger partial charge in [-0.1, -0.05) is 170 Å². The van der Waals surface area contributed by atoms with Crippen molar-refractivity contribution in [3.8, 4) is 73.2 Å². The van der Waals surface area contributed by atoms with E-state index in [0.717, 1.165) is 133 Å². The number of rotatable bonds is 7. The SMILES string of the molecule is c1ccc(-c2nc(-c3ccc4c(c3)oc3cccc(-c5ccccc5)c34)nc(-c3cccc4oc5ccc(-c6ccc7c(c6)c6ccccc6n7-c6ccc(-c7cccc8c7oc7ccccc78)cc6)cc5c34)n2)cc1. The van der Waals surface area contributed by atoms with Gasteiger partial charge in [0.1, 0.15) is 33.5 Å². The highest BCUT2D eigenvalue weighted by atomic mass is 16.3. The highest BCUT2D eigenvalue weighted by Gasteiger charge is 2.21. The van der Waals surface area contributed by atoms with Crippen LogP contribution in [0.2, 0.25) is 0 Å². The van der Waals surface area contributed by atoms with Crippen molar-refractivity contribution < 1.29 is 13.3 Å². The lowest BCUT2D eigenvalue weighted by molar-refractivity contribution is 0.668. The average Bonchev–Trinajstić information content (AvgIpc) is 4.31. The van der Waals surface area contributed by atoms with E-state index in [-0.39, 0.29) is 0 Å². The fourth-order valence-corrected chi connectivity index (χ4v) is 11.6. The van der Waals surface area contributed by atoms with E-state index < -0.39 is 0 Å². The molecule has 0 saturated carbocycles. The first-order valence-corrected chi connectivity index (χ1v) is 25.5. The smallest absolute Gasteiger partial charge is 0.164 e. The van der Waals surface area contributed by atoms with Gasteiger partial charge in [0, 0.05) is 71.0 Å². The van der Waals surface area contributed by atoms with Crippen LogP contribution in [-0.2, 0) is 0 Å². The molecule has 0 spiro atoms. The van der Waals surface area contributed by atoms with Gasteiger partial charge in [-0.15, -0.1) is 0 Å². The molecule has 16 aromatic rings. The zero-order chi connectivity index (χ0) is 49.8. The van der Waals surface area contributed by atoms with Gasteiger partial charge < -0.3 is 17.8 Å². The first-order valence-electron chi connectivity index (χ1n) is 25.5. The molecule has 0 aliphatic rings. The summed E-state index contributed by atoms with van der Waals surface area (Å²) in [4.78, 5) is 15.6. The summed E-state index contributed by atoms with van der Waals surface area (Å²) in [5.74, 6) is 1.67. The lowest BCUT2D eigenvalue weighted by atomic mass is 9.99. The number of aromatic nitrogens is 4. The fourth-order valence-electron chi connectivity index (χ4n) is 11.6. The first-order chi connectivity index (χ1) is 37.6. The minimum absolute atomic E-state index is 0.545. The molecule has 16 rings (SSSR count). The van der Waals surface area contributed by atoms with Crippen LogP contribution in [0, 0.1) is 0 Å². The van der Waals surface area contributed by atoms with Gasteiger partial charge in [-0.25, -0.2) is 15.0 Å². The van der Waals surface area contributed by atoms with Crippen molar-refractivity contribution in [2.75, 3.05) is 0 Å². The molecule has 0 fully saturated rings. The van der Waals surface area contributed by atoms with E-state index in [1.54, 1.807) is 0 Å². The van der Waals surface area contributed by atoms with Crippen LogP contribution in [-0.4, -0.2) is 19.5 Å². The number of benzene rings is 11. The van der Waals surface area contributed by atoms with Crippen LogP contribution < -0.4 is 0 Å². The standard InChI is InChI=1S/C69H40N4O3/c1-3-14-41(15-4-1)48-20-12-26-61-64(48)53-35-30-46(40-63(53)75-61)68-70-67(43-16-5-2-6-17-43)71-69(72-68)54-23-13-27-62-65(54)56-39-45(32-37-60(56)74-62)44-31-36-58-55(38-44)50-18-7-9-24-57(50)73(58)47-33-28-42(29-34-47)49-21-11-22-52-51-19-8-10-25-59(51)76-66(49)52/h1-40H. The molecule has 0 aliphatic heterocycles. The van der Waals surface area contributed by atoms with Crippen LogP contribution in [0.25, 0.3) is 161 Å². The second kappa shape index (κ2) is 16.6. The Bertz CT molecular complexity index is 4990. The molecule has 7 nitrogen and oxygen atoms in total. The second-order valence-corrected chi connectivity index (χ2v) is 19.4. The van der Waals surface area contributed by atoms with Crippen LogP contribution in [0.5, 0.6) is 0 Å². The molecule has 76 heavy (non-hydrogen) atoms. The van der Waals surface area contributed by atoms with Crippen molar-refractivity contribution in [2.24, 2.45) is 0 Å². The van der Waals surface area contributed by atoms with Crippen LogP contribution in [0.15, 0.2) is 256 Å². The van der Waals surface area contributed by atoms with Crippen LogP contribution in [0.3, 0.4) is 0 Å². The van der Waals surface area contributed by atoms with Crippen LogP contribution in [0.1, 0.15) is 0 Å². The van der Waals surface area contributed by atoms with Gasteiger partial charge in [0.05, 0.1) is 11.0 Å². The first kappa shape index (κ1) is 42.2. The number of hydrogen-bond donors (Lipinski definition) is 0. The van der Waals surface area contributed by atoms with Crippen LogP contribution in [0.4, 0.5) is 0 Å². The highest BCUT2D eigenvalue weighted by molar-refractivity contribution is 6.16. The molecule has 5 aromatic heterocycles. The largest absolute Gasteiger partial charge is 0.456 e. The van der Waals surface area contributed by atoms with Crippen LogP contribution >= 0.6 is 0 Å². The molecular formula is C69H40N4O3. The van der Waals surface area contributed by atoms with E-state index in [4.69, 9.17) is 28.2 Å². The molecule has 11 aromatic carbocycles. The molecular weight excluding hydrogens is 933 g/mol. The van der Waals surface area contributed by atoms with Gasteiger partial charge in [-0.05, 0) is 101 Å². The lowest BCUT2D eigenvalue weighted by Crippen LogP contribution is -2.00. The minimum atomic E-state index is 0.545. The van der Waals surface area contributed by atoms with E-state index in [1.807, 2.05) is 78.9 Å². The maximum atomic E-state index is 6.61. The fraction of sp³-hybridized carbons (Fsp3) is 0. The minimum Gasteiger partial charge on any atom is -0.456 e. The topological polar surface area (TPSA) is 83.0 Å². The Morgan fingerprint density at radius 2 is 0.803 bits per heavy atom. The number of hydrogen-bond acceptors (Lipinski definition) is 6.